The molecule has 0 unspecified atom stereocenters. The van der Waals surface area contributed by atoms with Crippen molar-refractivity contribution in [3.63, 3.8) is 0 Å². The fourth-order valence-electron chi connectivity index (χ4n) is 2.66. The van der Waals surface area contributed by atoms with Crippen LogP contribution in [0.25, 0.3) is 0 Å². The molecular weight excluding hydrogens is 330 g/mol. The van der Waals surface area contributed by atoms with Crippen LogP contribution in [0.4, 0.5) is 4.79 Å². The molecule has 0 saturated heterocycles. The van der Waals surface area contributed by atoms with Crippen molar-refractivity contribution in [1.82, 2.24) is 5.32 Å². The van der Waals surface area contributed by atoms with Crippen LogP contribution in [0, 0.1) is 0 Å². The van der Waals surface area contributed by atoms with Crippen LogP contribution < -0.4 is 5.32 Å². The van der Waals surface area contributed by atoms with Gasteiger partial charge in [0, 0.05) is 6.54 Å². The molecule has 26 heavy (non-hydrogen) atoms. The number of unbranched alkanes of at least 4 members (excludes halogenated alkanes) is 5. The number of carboxylic acids is 1. The average Bonchev–Trinajstić information content (AvgIpc) is 2.52. The summed E-state index contributed by atoms with van der Waals surface area (Å²) in [6.07, 6.45) is 7.58. The molecule has 146 valence electrons. The van der Waals surface area contributed by atoms with Gasteiger partial charge in [-0.2, -0.15) is 0 Å². The second-order valence-electron chi connectivity index (χ2n) is 7.69. The van der Waals surface area contributed by atoms with E-state index < -0.39 is 11.6 Å². The molecule has 0 radical (unpaired) electrons. The number of carbonyl (C=O) groups is 2. The number of nitrogens with one attached hydrogen (secondary N) is 1. The highest BCUT2D eigenvalue weighted by Crippen LogP contribution is 2.12. The number of ether oxygens (including phenoxy) is 1. The largest absolute Gasteiger partial charge is 0.481 e. The smallest absolute Gasteiger partial charge is 0.407 e. The number of aliphatic carboxylic acids is 1. The molecule has 0 saturated carbocycles. The molecule has 0 aliphatic carbocycles. The molecule has 1 aromatic carbocycles. The van der Waals surface area contributed by atoms with Crippen molar-refractivity contribution in [3.05, 3.63) is 35.4 Å². The van der Waals surface area contributed by atoms with Crippen molar-refractivity contribution >= 4 is 12.1 Å². The van der Waals surface area contributed by atoms with Crippen molar-refractivity contribution in [2.24, 2.45) is 0 Å². The first kappa shape index (κ1) is 22.0. The zero-order chi connectivity index (χ0) is 19.4. The van der Waals surface area contributed by atoms with Gasteiger partial charge in [-0.25, -0.2) is 4.79 Å². The molecule has 0 aromatic heterocycles. The highest BCUT2D eigenvalue weighted by Gasteiger charge is 2.15. The van der Waals surface area contributed by atoms with Crippen LogP contribution in [0.15, 0.2) is 24.3 Å². The summed E-state index contributed by atoms with van der Waals surface area (Å²) < 4.78 is 5.19. The van der Waals surface area contributed by atoms with Gasteiger partial charge in [0.25, 0.3) is 0 Å². The molecule has 0 spiro atoms. The van der Waals surface area contributed by atoms with Crippen LogP contribution in [0.2, 0.25) is 0 Å². The van der Waals surface area contributed by atoms with Gasteiger partial charge in [0.2, 0.25) is 0 Å². The molecule has 0 aliphatic rings. The van der Waals surface area contributed by atoms with Crippen LogP contribution in [-0.2, 0) is 22.4 Å². The fraction of sp³-hybridized carbons (Fsp3) is 0.619. The van der Waals surface area contributed by atoms with E-state index in [0.29, 0.717) is 6.54 Å². The number of alkyl carbamates (subject to hydrolysis) is 1. The number of carboxylic acid groups (broad SMARTS) is 1. The van der Waals surface area contributed by atoms with Gasteiger partial charge in [-0.05, 0) is 51.2 Å². The number of rotatable bonds is 11. The van der Waals surface area contributed by atoms with Crippen LogP contribution in [0.3, 0.4) is 0 Å². The number of hydrogen-bond acceptors (Lipinski definition) is 3. The molecule has 0 atom stereocenters. The lowest BCUT2D eigenvalue weighted by molar-refractivity contribution is -0.136. The third kappa shape index (κ3) is 11.5. The van der Waals surface area contributed by atoms with Crippen molar-refractivity contribution in [2.45, 2.75) is 77.7 Å². The number of amides is 1. The standard InChI is InChI=1S/C21H33NO4/c1-21(2,3)26-20(25)22-15-9-7-5-4-6-8-10-17-11-13-18(14-12-17)16-19(23)24/h11-14H,4-10,15-16H2,1-3H3,(H,22,25)(H,23,24). The van der Waals surface area contributed by atoms with Gasteiger partial charge < -0.3 is 15.2 Å². The minimum atomic E-state index is -0.793. The topological polar surface area (TPSA) is 75.6 Å². The van der Waals surface area contributed by atoms with Crippen molar-refractivity contribution in [1.29, 1.82) is 0 Å². The summed E-state index contributed by atoms with van der Waals surface area (Å²) in [6, 6.07) is 7.86. The molecule has 5 heteroatoms. The molecule has 2 N–H and O–H groups in total. The predicted octanol–water partition coefficient (Wildman–Crippen LogP) is 4.72. The number of carbonyl (C=O) groups excluding carboxylic acids is 1. The van der Waals surface area contributed by atoms with Gasteiger partial charge in [-0.3, -0.25) is 4.79 Å². The first-order valence-electron chi connectivity index (χ1n) is 9.53. The lowest BCUT2D eigenvalue weighted by Gasteiger charge is -2.19. The second-order valence-corrected chi connectivity index (χ2v) is 7.69. The van der Waals surface area contributed by atoms with Crippen LogP contribution in [0.1, 0.15) is 70.4 Å². The molecule has 1 rings (SSSR count). The summed E-state index contributed by atoms with van der Waals surface area (Å²) in [4.78, 5) is 22.1. The van der Waals surface area contributed by atoms with E-state index in [9.17, 15) is 9.59 Å². The van der Waals surface area contributed by atoms with Gasteiger partial charge >= 0.3 is 12.1 Å². The Labute approximate surface area is 157 Å². The second kappa shape index (κ2) is 11.6. The Kier molecular flexibility index (Phi) is 9.78. The van der Waals surface area contributed by atoms with Gasteiger partial charge in [0.1, 0.15) is 5.60 Å². The summed E-state index contributed by atoms with van der Waals surface area (Å²) in [5.41, 5.74) is 1.67. The SMILES string of the molecule is CC(C)(C)OC(=O)NCCCCCCCCc1ccc(CC(=O)O)cc1. The number of benzene rings is 1. The summed E-state index contributed by atoms with van der Waals surface area (Å²) in [6.45, 7) is 6.24. The zero-order valence-corrected chi connectivity index (χ0v) is 16.3. The Morgan fingerprint density at radius 3 is 2.04 bits per heavy atom. The lowest BCUT2D eigenvalue weighted by Crippen LogP contribution is -2.32. The maximum absolute atomic E-state index is 11.5. The summed E-state index contributed by atoms with van der Waals surface area (Å²) in [5.74, 6) is -0.793. The normalized spacial score (nSPS) is 11.2. The maximum atomic E-state index is 11.5. The van der Waals surface area contributed by atoms with Crippen molar-refractivity contribution < 1.29 is 19.4 Å². The van der Waals surface area contributed by atoms with E-state index in [0.717, 1.165) is 31.2 Å². The third-order valence-corrected chi connectivity index (χ3v) is 3.94. The molecule has 1 amide bonds. The van der Waals surface area contributed by atoms with Crippen molar-refractivity contribution in [2.75, 3.05) is 6.54 Å². The highest BCUT2D eigenvalue weighted by atomic mass is 16.6. The van der Waals surface area contributed by atoms with Gasteiger partial charge in [0.15, 0.2) is 0 Å². The quantitative estimate of drug-likeness (QED) is 0.558. The van der Waals surface area contributed by atoms with Crippen LogP contribution in [-0.4, -0.2) is 29.3 Å². The number of aryl methyl sites for hydroxylation is 1. The first-order chi connectivity index (χ1) is 12.3. The van der Waals surface area contributed by atoms with Gasteiger partial charge in [0.05, 0.1) is 6.42 Å². The van der Waals surface area contributed by atoms with Gasteiger partial charge in [-0.1, -0.05) is 49.9 Å². The minimum absolute atomic E-state index is 0.0864. The third-order valence-electron chi connectivity index (χ3n) is 3.94. The van der Waals surface area contributed by atoms with Gasteiger partial charge in [-0.15, -0.1) is 0 Å². The molecule has 0 bridgehead atoms. The summed E-state index contributed by atoms with van der Waals surface area (Å²) in [7, 11) is 0. The van der Waals surface area contributed by atoms with E-state index in [2.05, 4.69) is 5.32 Å². The highest BCUT2D eigenvalue weighted by molar-refractivity contribution is 5.70. The van der Waals surface area contributed by atoms with Crippen LogP contribution >= 0.6 is 0 Å². The monoisotopic (exact) mass is 363 g/mol. The Hall–Kier alpha value is -2.04. The van der Waals surface area contributed by atoms with E-state index in [1.807, 2.05) is 45.0 Å². The molecule has 0 heterocycles. The minimum Gasteiger partial charge on any atom is -0.481 e. The molecule has 0 fully saturated rings. The van der Waals surface area contributed by atoms with E-state index in [1.54, 1.807) is 0 Å². The maximum Gasteiger partial charge on any atom is 0.407 e. The first-order valence-corrected chi connectivity index (χ1v) is 9.53. The molecular formula is C21H33NO4. The fourth-order valence-corrected chi connectivity index (χ4v) is 2.66. The lowest BCUT2D eigenvalue weighted by atomic mass is 10.0. The Bertz CT molecular complexity index is 546. The van der Waals surface area contributed by atoms with Crippen LogP contribution in [0.5, 0.6) is 0 Å². The average molecular weight is 363 g/mol. The number of hydrogen-bond donors (Lipinski definition) is 2. The Balaban J connectivity index is 1.99. The Morgan fingerprint density at radius 2 is 1.46 bits per heavy atom. The zero-order valence-electron chi connectivity index (χ0n) is 16.3. The Morgan fingerprint density at radius 1 is 0.923 bits per heavy atom. The van der Waals surface area contributed by atoms with E-state index in [1.165, 1.54) is 24.8 Å². The molecule has 1 aromatic rings. The van der Waals surface area contributed by atoms with E-state index >= 15 is 0 Å². The summed E-state index contributed by atoms with van der Waals surface area (Å²) in [5, 5.41) is 11.5. The molecule has 0 aliphatic heterocycles. The van der Waals surface area contributed by atoms with E-state index in [4.69, 9.17) is 9.84 Å². The predicted molar refractivity (Wildman–Crippen MR) is 103 cm³/mol. The van der Waals surface area contributed by atoms with Crippen molar-refractivity contribution in [3.8, 4) is 0 Å². The molecule has 5 nitrogen and oxygen atoms in total. The van der Waals surface area contributed by atoms with E-state index in [-0.39, 0.29) is 12.5 Å². The summed E-state index contributed by atoms with van der Waals surface area (Å²) >= 11 is 0.